The maximum Gasteiger partial charge on any atom is 0.272 e. The highest BCUT2D eigenvalue weighted by Gasteiger charge is 2.17. The van der Waals surface area contributed by atoms with E-state index in [2.05, 4.69) is 21.5 Å². The lowest BCUT2D eigenvalue weighted by molar-refractivity contribution is 0.350. The summed E-state index contributed by atoms with van der Waals surface area (Å²) in [6.45, 7) is 1.70. The lowest BCUT2D eigenvalue weighted by Gasteiger charge is -2.05. The molecule has 21 heavy (non-hydrogen) atoms. The number of thiophene rings is 1. The number of aliphatic hydroxyl groups is 1. The predicted octanol–water partition coefficient (Wildman–Crippen LogP) is 1.85. The van der Waals surface area contributed by atoms with Crippen LogP contribution in [0.15, 0.2) is 34.5 Å². The molecule has 0 aliphatic rings. The molecule has 0 unspecified atom stereocenters. The number of anilines is 1. The Kier molecular flexibility index (Phi) is 4.96. The molecule has 0 atom stereocenters. The zero-order valence-corrected chi connectivity index (χ0v) is 13.0. The van der Waals surface area contributed by atoms with Crippen LogP contribution in [0, 0.1) is 11.8 Å². The Labute approximate surface area is 127 Å². The first-order chi connectivity index (χ1) is 10.0. The molecule has 2 aromatic rings. The van der Waals surface area contributed by atoms with E-state index in [1.54, 1.807) is 30.3 Å². The Morgan fingerprint density at radius 2 is 2.14 bits per heavy atom. The zero-order valence-electron chi connectivity index (χ0n) is 11.3. The maximum atomic E-state index is 12.2. The van der Waals surface area contributed by atoms with E-state index >= 15 is 0 Å². The van der Waals surface area contributed by atoms with Crippen LogP contribution < -0.4 is 4.72 Å². The Bertz CT molecular complexity index is 786. The highest BCUT2D eigenvalue weighted by molar-refractivity contribution is 7.94. The van der Waals surface area contributed by atoms with Crippen molar-refractivity contribution in [3.8, 4) is 11.8 Å². The number of hydrogen-bond donors (Lipinski definition) is 2. The van der Waals surface area contributed by atoms with Gasteiger partial charge in [0.2, 0.25) is 0 Å². The minimum Gasteiger partial charge on any atom is -0.384 e. The quantitative estimate of drug-likeness (QED) is 0.842. The van der Waals surface area contributed by atoms with Crippen LogP contribution in [0.5, 0.6) is 0 Å². The van der Waals surface area contributed by atoms with Crippen LogP contribution in [0.2, 0.25) is 0 Å². The Balaban J connectivity index is 2.24. The standard InChI is InChI=1S/C14H14N2O3S2/c1-2-12-8-9-14(20-12)21(18,19)16-13-7-3-5-11(15-13)6-4-10-17/h3,5,7-9,17H,2,10H2,1H3,(H,15,16). The summed E-state index contributed by atoms with van der Waals surface area (Å²) in [4.78, 5) is 5.08. The molecular formula is C14H14N2O3S2. The molecule has 5 nitrogen and oxygen atoms in total. The minimum absolute atomic E-state index is 0.200. The molecular weight excluding hydrogens is 308 g/mol. The molecule has 0 radical (unpaired) electrons. The number of nitrogens with zero attached hydrogens (tertiary/aromatic N) is 1. The van der Waals surface area contributed by atoms with E-state index in [1.165, 1.54) is 11.3 Å². The topological polar surface area (TPSA) is 79.3 Å². The van der Waals surface area contributed by atoms with Gasteiger partial charge in [-0.25, -0.2) is 13.4 Å². The van der Waals surface area contributed by atoms with Gasteiger partial charge in [-0.3, -0.25) is 4.72 Å². The summed E-state index contributed by atoms with van der Waals surface area (Å²) in [5.41, 5.74) is 0.393. The van der Waals surface area contributed by atoms with Gasteiger partial charge < -0.3 is 5.11 Å². The summed E-state index contributed by atoms with van der Waals surface area (Å²) in [5, 5.41) is 8.65. The SMILES string of the molecule is CCc1ccc(S(=O)(=O)Nc2cccc(C#CCO)n2)s1. The Morgan fingerprint density at radius 3 is 2.81 bits per heavy atom. The van der Waals surface area contributed by atoms with Crippen molar-refractivity contribution < 1.29 is 13.5 Å². The van der Waals surface area contributed by atoms with Crippen molar-refractivity contribution in [1.82, 2.24) is 4.98 Å². The molecule has 0 fully saturated rings. The molecule has 2 heterocycles. The van der Waals surface area contributed by atoms with Gasteiger partial charge in [0.25, 0.3) is 10.0 Å². The first kappa shape index (κ1) is 15.5. The van der Waals surface area contributed by atoms with Crippen LogP contribution in [0.4, 0.5) is 5.82 Å². The first-order valence-electron chi connectivity index (χ1n) is 6.23. The van der Waals surface area contributed by atoms with Crippen molar-refractivity contribution in [3.05, 3.63) is 40.9 Å². The Morgan fingerprint density at radius 1 is 1.33 bits per heavy atom. The van der Waals surface area contributed by atoms with Crippen LogP contribution >= 0.6 is 11.3 Å². The fourth-order valence-electron chi connectivity index (χ4n) is 1.57. The van der Waals surface area contributed by atoms with Crippen LogP contribution in [-0.2, 0) is 16.4 Å². The summed E-state index contributed by atoms with van der Waals surface area (Å²) in [7, 11) is -3.63. The van der Waals surface area contributed by atoms with Crippen LogP contribution in [0.3, 0.4) is 0 Å². The largest absolute Gasteiger partial charge is 0.384 e. The van der Waals surface area contributed by atoms with E-state index in [-0.39, 0.29) is 16.6 Å². The van der Waals surface area contributed by atoms with Crippen LogP contribution in [0.1, 0.15) is 17.5 Å². The van der Waals surface area contributed by atoms with Gasteiger partial charge in [0, 0.05) is 4.88 Å². The van der Waals surface area contributed by atoms with Gasteiger partial charge in [-0.05, 0) is 36.6 Å². The van der Waals surface area contributed by atoms with Crippen molar-refractivity contribution in [1.29, 1.82) is 0 Å². The molecule has 0 aliphatic heterocycles. The molecule has 2 aromatic heterocycles. The fourth-order valence-corrected chi connectivity index (χ4v) is 3.87. The minimum atomic E-state index is -3.63. The second-order valence-electron chi connectivity index (χ2n) is 4.05. The van der Waals surface area contributed by atoms with Crippen molar-refractivity contribution in [2.45, 2.75) is 17.6 Å². The van der Waals surface area contributed by atoms with Gasteiger partial charge in [-0.2, -0.15) is 0 Å². The van der Waals surface area contributed by atoms with Crippen LogP contribution in [0.25, 0.3) is 0 Å². The van der Waals surface area contributed by atoms with Crippen molar-refractivity contribution in [3.63, 3.8) is 0 Å². The van der Waals surface area contributed by atoms with Crippen LogP contribution in [-0.4, -0.2) is 25.1 Å². The second kappa shape index (κ2) is 6.72. The second-order valence-corrected chi connectivity index (χ2v) is 7.13. The Hall–Kier alpha value is -1.88. The van der Waals surface area contributed by atoms with Gasteiger partial charge in [0.1, 0.15) is 22.3 Å². The lowest BCUT2D eigenvalue weighted by Crippen LogP contribution is -2.12. The normalized spacial score (nSPS) is 10.8. The summed E-state index contributed by atoms with van der Waals surface area (Å²) < 4.78 is 27.2. The zero-order chi connectivity index (χ0) is 15.3. The third-order valence-corrected chi connectivity index (χ3v) is 5.61. The highest BCUT2D eigenvalue weighted by Crippen LogP contribution is 2.23. The van der Waals surface area contributed by atoms with E-state index in [0.717, 1.165) is 11.3 Å². The smallest absolute Gasteiger partial charge is 0.272 e. The van der Waals surface area contributed by atoms with Crippen molar-refractivity contribution in [2.24, 2.45) is 0 Å². The number of rotatable bonds is 4. The molecule has 2 rings (SSSR count). The van der Waals surface area contributed by atoms with Gasteiger partial charge in [0.15, 0.2) is 0 Å². The monoisotopic (exact) mass is 322 g/mol. The van der Waals surface area contributed by atoms with Gasteiger partial charge >= 0.3 is 0 Å². The molecule has 0 saturated carbocycles. The van der Waals surface area contributed by atoms with E-state index < -0.39 is 10.0 Å². The van der Waals surface area contributed by atoms with Gasteiger partial charge in [-0.1, -0.05) is 18.9 Å². The maximum absolute atomic E-state index is 12.2. The molecule has 0 amide bonds. The first-order valence-corrected chi connectivity index (χ1v) is 8.53. The van der Waals surface area contributed by atoms with E-state index in [4.69, 9.17) is 5.11 Å². The van der Waals surface area contributed by atoms with Gasteiger partial charge in [-0.15, -0.1) is 11.3 Å². The summed E-state index contributed by atoms with van der Waals surface area (Å²) in [6, 6.07) is 8.23. The molecule has 0 aliphatic carbocycles. The molecule has 7 heteroatoms. The van der Waals surface area contributed by atoms with E-state index in [0.29, 0.717) is 5.69 Å². The molecule has 0 saturated heterocycles. The number of sulfonamides is 1. The van der Waals surface area contributed by atoms with E-state index in [9.17, 15) is 8.42 Å². The summed E-state index contributed by atoms with van der Waals surface area (Å²) in [5.74, 6) is 5.30. The van der Waals surface area contributed by atoms with Crippen molar-refractivity contribution in [2.75, 3.05) is 11.3 Å². The number of nitrogens with one attached hydrogen (secondary N) is 1. The number of aliphatic hydroxyl groups excluding tert-OH is 1. The third-order valence-electron chi connectivity index (χ3n) is 2.53. The third kappa shape index (κ3) is 4.04. The predicted molar refractivity (Wildman–Crippen MR) is 82.7 cm³/mol. The average Bonchev–Trinajstić information content (AvgIpc) is 2.95. The summed E-state index contributed by atoms with van der Waals surface area (Å²) in [6.07, 6.45) is 0.796. The average molecular weight is 322 g/mol. The number of pyridine rings is 1. The highest BCUT2D eigenvalue weighted by atomic mass is 32.2. The van der Waals surface area contributed by atoms with Crippen molar-refractivity contribution >= 4 is 27.2 Å². The number of hydrogen-bond acceptors (Lipinski definition) is 5. The molecule has 2 N–H and O–H groups in total. The number of aryl methyl sites for hydroxylation is 1. The molecule has 0 bridgehead atoms. The summed E-state index contributed by atoms with van der Waals surface area (Å²) >= 11 is 1.24. The fraction of sp³-hybridized carbons (Fsp3) is 0.214. The van der Waals surface area contributed by atoms with Gasteiger partial charge in [0.05, 0.1) is 0 Å². The molecule has 0 aromatic carbocycles. The molecule has 0 spiro atoms. The molecule has 110 valence electrons. The van der Waals surface area contributed by atoms with E-state index in [1.807, 2.05) is 6.92 Å². The number of aromatic nitrogens is 1. The lowest BCUT2D eigenvalue weighted by atomic mass is 10.3.